The van der Waals surface area contributed by atoms with Gasteiger partial charge in [0.15, 0.2) is 0 Å². The van der Waals surface area contributed by atoms with Gasteiger partial charge in [0.25, 0.3) is 0 Å². The number of unbranched alkanes of at least 4 members (excludes halogenated alkanes) is 1. The van der Waals surface area contributed by atoms with Gasteiger partial charge in [0.2, 0.25) is 0 Å². The van der Waals surface area contributed by atoms with Gasteiger partial charge in [0.05, 0.1) is 0 Å². The van der Waals surface area contributed by atoms with E-state index in [0.29, 0.717) is 0 Å². The Morgan fingerprint density at radius 2 is 1.80 bits per heavy atom. The fraction of sp³-hybridized carbons (Fsp3) is 0.444. The van der Waals surface area contributed by atoms with Crippen LogP contribution in [0, 0.1) is 0 Å². The van der Waals surface area contributed by atoms with Gasteiger partial charge < -0.3 is 17.3 Å². The zero-order chi connectivity index (χ0) is 11.7. The van der Waals surface area contributed by atoms with Gasteiger partial charge in [-0.3, -0.25) is 4.98 Å². The van der Waals surface area contributed by atoms with Gasteiger partial charge in [-0.25, -0.2) is 0 Å². The van der Waals surface area contributed by atoms with Crippen molar-refractivity contribution in [3.63, 3.8) is 0 Å². The lowest BCUT2D eigenvalue weighted by Gasteiger charge is -1.95. The molecule has 0 radical (unpaired) electrons. The van der Waals surface area contributed by atoms with Crippen molar-refractivity contribution >= 4 is 7.25 Å². The molecule has 6 heteroatoms. The van der Waals surface area contributed by atoms with Crippen LogP contribution in [-0.4, -0.2) is 12.2 Å². The summed E-state index contributed by atoms with van der Waals surface area (Å²) < 4.78 is 39.0. The standard InChI is InChI=1S/C9H13N.BF4/c1-2-3-6-9-7-4-5-8-10-9;2-1(3,4)5/h4-5,7-8H,2-3,6H2,1H3;/q;-1. The highest BCUT2D eigenvalue weighted by Crippen LogP contribution is 2.06. The molecular formula is C9H13BF4N-. The molecule has 0 fully saturated rings. The first kappa shape index (κ1) is 13.9. The Hall–Kier alpha value is -1.07. The first-order valence-corrected chi connectivity index (χ1v) is 4.70. The Bertz CT molecular complexity index is 244. The van der Waals surface area contributed by atoms with Crippen molar-refractivity contribution in [2.24, 2.45) is 0 Å². The summed E-state index contributed by atoms with van der Waals surface area (Å²) in [5.74, 6) is 0. The molecule has 0 bridgehead atoms. The smallest absolute Gasteiger partial charge is 0.418 e. The number of aromatic nitrogens is 1. The van der Waals surface area contributed by atoms with Crippen LogP contribution in [-0.2, 0) is 6.42 Å². The Morgan fingerprint density at radius 3 is 2.20 bits per heavy atom. The molecule has 0 saturated heterocycles. The first-order valence-electron chi connectivity index (χ1n) is 4.70. The molecule has 1 aromatic rings. The average Bonchev–Trinajstić information content (AvgIpc) is 2.14. The van der Waals surface area contributed by atoms with Gasteiger partial charge in [-0.2, -0.15) is 0 Å². The van der Waals surface area contributed by atoms with E-state index < -0.39 is 7.25 Å². The third-order valence-corrected chi connectivity index (χ3v) is 1.51. The maximum Gasteiger partial charge on any atom is 0.673 e. The summed E-state index contributed by atoms with van der Waals surface area (Å²) in [5.41, 5.74) is 1.21. The predicted octanol–water partition coefficient (Wildman–Crippen LogP) is 3.72. The molecule has 86 valence electrons. The van der Waals surface area contributed by atoms with Crippen LogP contribution < -0.4 is 0 Å². The van der Waals surface area contributed by atoms with Crippen LogP contribution in [0.5, 0.6) is 0 Å². The molecule has 1 heterocycles. The Labute approximate surface area is 86.6 Å². The SMILES string of the molecule is CCCCc1ccccn1.F[B-](F)(F)F. The molecule has 15 heavy (non-hydrogen) atoms. The number of halogens is 4. The molecule has 0 unspecified atom stereocenters. The summed E-state index contributed by atoms with van der Waals surface area (Å²) in [6, 6.07) is 6.07. The van der Waals surface area contributed by atoms with E-state index in [9.17, 15) is 17.3 Å². The van der Waals surface area contributed by atoms with Crippen molar-refractivity contribution in [1.29, 1.82) is 0 Å². The largest absolute Gasteiger partial charge is 0.673 e. The zero-order valence-corrected chi connectivity index (χ0v) is 8.47. The van der Waals surface area contributed by atoms with Gasteiger partial charge in [0.1, 0.15) is 0 Å². The van der Waals surface area contributed by atoms with Crippen LogP contribution in [0.2, 0.25) is 0 Å². The second-order valence-corrected chi connectivity index (χ2v) is 2.92. The number of hydrogen-bond acceptors (Lipinski definition) is 1. The topological polar surface area (TPSA) is 12.9 Å². The molecule has 1 rings (SSSR count). The molecule has 0 aromatic carbocycles. The lowest BCUT2D eigenvalue weighted by molar-refractivity contribution is 0.368. The van der Waals surface area contributed by atoms with Gasteiger partial charge >= 0.3 is 7.25 Å². The van der Waals surface area contributed by atoms with Crippen molar-refractivity contribution in [1.82, 2.24) is 4.98 Å². The summed E-state index contributed by atoms with van der Waals surface area (Å²) >= 11 is 0. The van der Waals surface area contributed by atoms with Crippen LogP contribution >= 0.6 is 0 Å². The van der Waals surface area contributed by atoms with Crippen LogP contribution in [0.15, 0.2) is 24.4 Å². The van der Waals surface area contributed by atoms with E-state index in [0.717, 1.165) is 6.42 Å². The van der Waals surface area contributed by atoms with Gasteiger partial charge in [0, 0.05) is 11.9 Å². The second-order valence-electron chi connectivity index (χ2n) is 2.92. The van der Waals surface area contributed by atoms with Crippen LogP contribution in [0.4, 0.5) is 17.3 Å². The lowest BCUT2D eigenvalue weighted by atomic mass is 10.2. The maximum atomic E-state index is 9.75. The van der Waals surface area contributed by atoms with Gasteiger partial charge in [-0.05, 0) is 25.0 Å². The number of aryl methyl sites for hydroxylation is 1. The second kappa shape index (κ2) is 7.26. The molecule has 0 atom stereocenters. The number of rotatable bonds is 3. The predicted molar refractivity (Wildman–Crippen MR) is 53.0 cm³/mol. The summed E-state index contributed by atoms with van der Waals surface area (Å²) in [6.07, 6.45) is 5.47. The van der Waals surface area contributed by atoms with Crippen molar-refractivity contribution in [3.8, 4) is 0 Å². The van der Waals surface area contributed by atoms with Crippen LogP contribution in [0.25, 0.3) is 0 Å². The zero-order valence-electron chi connectivity index (χ0n) is 8.47. The third-order valence-electron chi connectivity index (χ3n) is 1.51. The third kappa shape index (κ3) is 12.9. The normalized spacial score (nSPS) is 10.5. The van der Waals surface area contributed by atoms with Crippen molar-refractivity contribution < 1.29 is 17.3 Å². The monoisotopic (exact) mass is 222 g/mol. The molecule has 0 aliphatic heterocycles. The lowest BCUT2D eigenvalue weighted by Crippen LogP contribution is -2.02. The van der Waals surface area contributed by atoms with E-state index in [1.54, 1.807) is 0 Å². The molecular weight excluding hydrogens is 209 g/mol. The van der Waals surface area contributed by atoms with Crippen molar-refractivity contribution in [3.05, 3.63) is 30.1 Å². The molecule has 0 amide bonds. The summed E-state index contributed by atoms with van der Waals surface area (Å²) in [5, 5.41) is 0. The highest BCUT2D eigenvalue weighted by Gasteiger charge is 2.20. The fourth-order valence-corrected chi connectivity index (χ4v) is 0.904. The van der Waals surface area contributed by atoms with E-state index in [4.69, 9.17) is 0 Å². The molecule has 0 spiro atoms. The molecule has 1 aromatic heterocycles. The highest BCUT2D eigenvalue weighted by atomic mass is 19.5. The van der Waals surface area contributed by atoms with Gasteiger partial charge in [-0.15, -0.1) is 0 Å². The fourth-order valence-electron chi connectivity index (χ4n) is 0.904. The summed E-state index contributed by atoms with van der Waals surface area (Å²) in [4.78, 5) is 4.22. The minimum Gasteiger partial charge on any atom is -0.418 e. The van der Waals surface area contributed by atoms with Gasteiger partial charge in [-0.1, -0.05) is 19.4 Å². The van der Waals surface area contributed by atoms with Crippen molar-refractivity contribution in [2.45, 2.75) is 26.2 Å². The van der Waals surface area contributed by atoms with Crippen molar-refractivity contribution in [2.75, 3.05) is 0 Å². The quantitative estimate of drug-likeness (QED) is 0.560. The molecule has 1 nitrogen and oxygen atoms in total. The van der Waals surface area contributed by atoms with E-state index >= 15 is 0 Å². The van der Waals surface area contributed by atoms with Crippen LogP contribution in [0.1, 0.15) is 25.5 Å². The van der Waals surface area contributed by atoms with E-state index in [2.05, 4.69) is 18.0 Å². The molecule has 0 N–H and O–H groups in total. The molecule has 0 saturated carbocycles. The minimum absolute atomic E-state index is 1.12. The van der Waals surface area contributed by atoms with Crippen LogP contribution in [0.3, 0.4) is 0 Å². The Balaban J connectivity index is 0.000000336. The minimum atomic E-state index is -6.00. The van der Waals surface area contributed by atoms with E-state index in [1.165, 1.54) is 18.5 Å². The summed E-state index contributed by atoms with van der Waals surface area (Å²) in [7, 11) is -6.00. The highest BCUT2D eigenvalue weighted by molar-refractivity contribution is 6.50. The average molecular weight is 222 g/mol. The number of nitrogens with zero attached hydrogens (tertiary/aromatic N) is 1. The number of hydrogen-bond donors (Lipinski definition) is 0. The first-order chi connectivity index (χ1) is 6.93. The Kier molecular flexibility index (Phi) is 6.74. The molecule has 0 aliphatic carbocycles. The Morgan fingerprint density at radius 1 is 1.20 bits per heavy atom. The molecule has 0 aliphatic rings. The van der Waals surface area contributed by atoms with E-state index in [1.807, 2.05) is 18.3 Å². The summed E-state index contributed by atoms with van der Waals surface area (Å²) in [6.45, 7) is 2.20. The maximum absolute atomic E-state index is 9.75. The van der Waals surface area contributed by atoms with E-state index in [-0.39, 0.29) is 0 Å². The number of pyridine rings is 1.